The van der Waals surface area contributed by atoms with Gasteiger partial charge in [0.15, 0.2) is 5.78 Å². The average molecular weight is 361 g/mol. The number of allylic oxidation sites excluding steroid dienone is 1. The first kappa shape index (κ1) is 19.6. The second-order valence-corrected chi connectivity index (χ2v) is 9.55. The summed E-state index contributed by atoms with van der Waals surface area (Å²) in [6.07, 6.45) is 5.96. The predicted octanol–water partition coefficient (Wildman–Crippen LogP) is 7.06. The zero-order valence-corrected chi connectivity index (χ0v) is 17.6. The van der Waals surface area contributed by atoms with Crippen molar-refractivity contribution >= 4 is 11.9 Å². The first-order chi connectivity index (χ1) is 12.6. The Morgan fingerprint density at radius 3 is 2.07 bits per heavy atom. The van der Waals surface area contributed by atoms with Gasteiger partial charge in [0.1, 0.15) is 0 Å². The lowest BCUT2D eigenvalue weighted by Gasteiger charge is -2.42. The number of rotatable bonds is 4. The Balaban J connectivity index is 1.85. The van der Waals surface area contributed by atoms with Gasteiger partial charge in [-0.3, -0.25) is 4.79 Å². The minimum absolute atomic E-state index is 0.0740. The molecule has 0 bridgehead atoms. The van der Waals surface area contributed by atoms with Crippen LogP contribution in [0.25, 0.3) is 6.08 Å². The molecule has 0 unspecified atom stereocenters. The summed E-state index contributed by atoms with van der Waals surface area (Å²) >= 11 is 0. The van der Waals surface area contributed by atoms with E-state index in [4.69, 9.17) is 0 Å². The smallest absolute Gasteiger partial charge is 0.185 e. The maximum Gasteiger partial charge on any atom is 0.185 e. The van der Waals surface area contributed by atoms with Crippen LogP contribution in [-0.4, -0.2) is 5.78 Å². The Bertz CT molecular complexity index is 864. The standard InChI is InChI=1S/C26H32O/c1-18(2)20-10-7-19(8-11-20)9-14-24(27)21-12-13-22-23(17-21)26(5,6)16-15-25(22,3)4/h7-14,17-18H,15-16H2,1-6H3/b14-9+. The van der Waals surface area contributed by atoms with Crippen molar-refractivity contribution in [2.75, 3.05) is 0 Å². The van der Waals surface area contributed by atoms with Gasteiger partial charge in [-0.2, -0.15) is 0 Å². The van der Waals surface area contributed by atoms with Gasteiger partial charge < -0.3 is 0 Å². The second kappa shape index (κ2) is 7.11. The van der Waals surface area contributed by atoms with E-state index in [0.717, 1.165) is 17.5 Å². The zero-order valence-electron chi connectivity index (χ0n) is 17.6. The molecule has 0 aromatic heterocycles. The summed E-state index contributed by atoms with van der Waals surface area (Å²) in [7, 11) is 0. The molecule has 142 valence electrons. The molecule has 0 atom stereocenters. The quantitative estimate of drug-likeness (QED) is 0.421. The van der Waals surface area contributed by atoms with Gasteiger partial charge in [0, 0.05) is 5.56 Å². The van der Waals surface area contributed by atoms with Crippen molar-refractivity contribution in [3.63, 3.8) is 0 Å². The van der Waals surface area contributed by atoms with Crippen LogP contribution in [0.15, 0.2) is 48.5 Å². The number of ketones is 1. The second-order valence-electron chi connectivity index (χ2n) is 9.55. The molecule has 1 aliphatic carbocycles. The summed E-state index contributed by atoms with van der Waals surface area (Å²) in [4.78, 5) is 12.8. The lowest BCUT2D eigenvalue weighted by Crippen LogP contribution is -2.34. The number of hydrogen-bond donors (Lipinski definition) is 0. The molecule has 1 aliphatic rings. The molecule has 0 aliphatic heterocycles. The predicted molar refractivity (Wildman–Crippen MR) is 116 cm³/mol. The van der Waals surface area contributed by atoms with Crippen LogP contribution in [0.4, 0.5) is 0 Å². The van der Waals surface area contributed by atoms with Crippen molar-refractivity contribution in [3.8, 4) is 0 Å². The Morgan fingerprint density at radius 1 is 0.889 bits per heavy atom. The molecule has 0 radical (unpaired) electrons. The molecule has 1 nitrogen and oxygen atoms in total. The molecule has 3 rings (SSSR count). The van der Waals surface area contributed by atoms with Crippen LogP contribution in [0.2, 0.25) is 0 Å². The Hall–Kier alpha value is -2.15. The number of carbonyl (C=O) groups excluding carboxylic acids is 1. The highest BCUT2D eigenvalue weighted by molar-refractivity contribution is 6.07. The Morgan fingerprint density at radius 2 is 1.48 bits per heavy atom. The van der Waals surface area contributed by atoms with Crippen molar-refractivity contribution in [1.29, 1.82) is 0 Å². The van der Waals surface area contributed by atoms with Crippen molar-refractivity contribution in [3.05, 3.63) is 76.4 Å². The van der Waals surface area contributed by atoms with Gasteiger partial charge in [0.05, 0.1) is 0 Å². The Labute approximate surface area is 164 Å². The van der Waals surface area contributed by atoms with Gasteiger partial charge in [-0.1, -0.05) is 84.0 Å². The van der Waals surface area contributed by atoms with Crippen molar-refractivity contribution < 1.29 is 4.79 Å². The van der Waals surface area contributed by atoms with E-state index in [1.807, 2.05) is 12.1 Å². The highest BCUT2D eigenvalue weighted by atomic mass is 16.1. The molecule has 2 aromatic rings. The van der Waals surface area contributed by atoms with E-state index < -0.39 is 0 Å². The topological polar surface area (TPSA) is 17.1 Å². The van der Waals surface area contributed by atoms with Gasteiger partial charge in [-0.25, -0.2) is 0 Å². The maximum absolute atomic E-state index is 12.8. The summed E-state index contributed by atoms with van der Waals surface area (Å²) in [5.41, 5.74) is 6.19. The molecule has 0 spiro atoms. The number of fused-ring (bicyclic) bond motifs is 1. The van der Waals surface area contributed by atoms with Crippen LogP contribution in [0.5, 0.6) is 0 Å². The molecule has 0 fully saturated rings. The summed E-state index contributed by atoms with van der Waals surface area (Å²) in [5.74, 6) is 0.595. The van der Waals surface area contributed by atoms with E-state index in [-0.39, 0.29) is 16.6 Å². The minimum Gasteiger partial charge on any atom is -0.289 e. The molecule has 27 heavy (non-hydrogen) atoms. The van der Waals surface area contributed by atoms with Crippen LogP contribution in [0, 0.1) is 0 Å². The monoisotopic (exact) mass is 360 g/mol. The summed E-state index contributed by atoms with van der Waals surface area (Å²) < 4.78 is 0. The molecule has 0 saturated heterocycles. The lowest BCUT2D eigenvalue weighted by atomic mass is 9.63. The van der Waals surface area contributed by atoms with Crippen LogP contribution in [0.1, 0.15) is 92.9 Å². The fourth-order valence-corrected chi connectivity index (χ4v) is 4.00. The van der Waals surface area contributed by atoms with Gasteiger partial charge in [0.25, 0.3) is 0 Å². The SMILES string of the molecule is CC(C)c1ccc(/C=C/C(=O)c2ccc3c(c2)C(C)(C)CCC3(C)C)cc1. The highest BCUT2D eigenvalue weighted by Gasteiger charge is 2.37. The number of hydrogen-bond acceptors (Lipinski definition) is 1. The first-order valence-corrected chi connectivity index (χ1v) is 10.1. The summed E-state index contributed by atoms with van der Waals surface area (Å²) in [5, 5.41) is 0. The molecule has 0 N–H and O–H groups in total. The van der Waals surface area contributed by atoms with Gasteiger partial charge in [0.2, 0.25) is 0 Å². The Kier molecular flexibility index (Phi) is 5.16. The minimum atomic E-state index is 0.0740. The van der Waals surface area contributed by atoms with Gasteiger partial charge >= 0.3 is 0 Å². The van der Waals surface area contributed by atoms with E-state index >= 15 is 0 Å². The molecule has 0 saturated carbocycles. The zero-order chi connectivity index (χ0) is 19.8. The third-order valence-corrected chi connectivity index (χ3v) is 6.17. The molecule has 0 amide bonds. The largest absolute Gasteiger partial charge is 0.289 e. The van der Waals surface area contributed by atoms with Crippen LogP contribution >= 0.6 is 0 Å². The van der Waals surface area contributed by atoms with Crippen molar-refractivity contribution in [2.24, 2.45) is 0 Å². The van der Waals surface area contributed by atoms with E-state index in [2.05, 4.69) is 77.9 Å². The summed E-state index contributed by atoms with van der Waals surface area (Å²) in [6.45, 7) is 13.6. The van der Waals surface area contributed by atoms with Gasteiger partial charge in [-0.15, -0.1) is 0 Å². The molecule has 0 heterocycles. The van der Waals surface area contributed by atoms with Crippen molar-refractivity contribution in [2.45, 2.75) is 71.1 Å². The van der Waals surface area contributed by atoms with Crippen LogP contribution in [0.3, 0.4) is 0 Å². The number of carbonyl (C=O) groups is 1. The van der Waals surface area contributed by atoms with Crippen molar-refractivity contribution in [1.82, 2.24) is 0 Å². The third kappa shape index (κ3) is 4.08. The lowest BCUT2D eigenvalue weighted by molar-refractivity contribution is 0.104. The van der Waals surface area contributed by atoms with Crippen LogP contribution in [-0.2, 0) is 10.8 Å². The van der Waals surface area contributed by atoms with Gasteiger partial charge in [-0.05, 0) is 64.0 Å². The third-order valence-electron chi connectivity index (χ3n) is 6.17. The molecular weight excluding hydrogens is 328 g/mol. The van der Waals surface area contributed by atoms with E-state index in [1.54, 1.807) is 6.08 Å². The normalized spacial score (nSPS) is 17.9. The highest BCUT2D eigenvalue weighted by Crippen LogP contribution is 2.45. The summed E-state index contributed by atoms with van der Waals surface area (Å²) in [6, 6.07) is 14.7. The van der Waals surface area contributed by atoms with E-state index in [0.29, 0.717) is 5.92 Å². The van der Waals surface area contributed by atoms with Crippen LogP contribution < -0.4 is 0 Å². The first-order valence-electron chi connectivity index (χ1n) is 10.1. The van der Waals surface area contributed by atoms with E-state index in [9.17, 15) is 4.79 Å². The molecule has 1 heteroatoms. The number of benzene rings is 2. The van der Waals surface area contributed by atoms with E-state index in [1.165, 1.54) is 23.1 Å². The maximum atomic E-state index is 12.8. The fourth-order valence-electron chi connectivity index (χ4n) is 4.00. The average Bonchev–Trinajstić information content (AvgIpc) is 2.63. The molecule has 2 aromatic carbocycles. The molecular formula is C26H32O. The fraction of sp³-hybridized carbons (Fsp3) is 0.423.